The molecule has 0 atom stereocenters. The highest BCUT2D eigenvalue weighted by atomic mass is 32.2. The van der Waals surface area contributed by atoms with E-state index < -0.39 is 11.9 Å². The molecular weight excluding hydrogens is 383 g/mol. The molecule has 0 radical (unpaired) electrons. The maximum atomic E-state index is 13.7. The number of carbonyl (C=O) groups excluding carboxylic acids is 2. The summed E-state index contributed by atoms with van der Waals surface area (Å²) in [5.41, 5.74) is 5.91. The fourth-order valence-corrected chi connectivity index (χ4v) is 3.69. The lowest BCUT2D eigenvalue weighted by atomic mass is 10.2. The number of carbonyl (C=O) groups is 2. The molecule has 3 rings (SSSR count). The smallest absolute Gasteiger partial charge is 0.409 e. The zero-order valence-corrected chi connectivity index (χ0v) is 16.3. The van der Waals surface area contributed by atoms with Gasteiger partial charge in [-0.3, -0.25) is 9.79 Å². The molecule has 2 aliphatic rings. The summed E-state index contributed by atoms with van der Waals surface area (Å²) in [5, 5.41) is 3.22. The molecule has 1 aromatic carbocycles. The van der Waals surface area contributed by atoms with Gasteiger partial charge >= 0.3 is 6.09 Å². The van der Waals surface area contributed by atoms with Crippen LogP contribution in [0.1, 0.15) is 31.2 Å². The Morgan fingerprint density at radius 3 is 2.89 bits per heavy atom. The number of amides is 2. The van der Waals surface area contributed by atoms with Crippen LogP contribution < -0.4 is 15.8 Å². The zero-order valence-electron chi connectivity index (χ0n) is 15.4. The van der Waals surface area contributed by atoms with Crippen molar-refractivity contribution in [3.05, 3.63) is 34.5 Å². The number of unbranched alkanes of at least 4 members (excludes halogenated alkanes) is 1. The molecule has 2 saturated heterocycles. The van der Waals surface area contributed by atoms with E-state index in [1.54, 1.807) is 11.0 Å². The van der Waals surface area contributed by atoms with E-state index in [1.807, 2.05) is 0 Å². The van der Waals surface area contributed by atoms with Crippen molar-refractivity contribution in [3.63, 3.8) is 0 Å². The molecule has 0 bridgehead atoms. The van der Waals surface area contributed by atoms with Crippen LogP contribution in [-0.4, -0.2) is 48.2 Å². The van der Waals surface area contributed by atoms with Gasteiger partial charge in [-0.2, -0.15) is 0 Å². The first-order valence-electron chi connectivity index (χ1n) is 9.28. The third-order valence-electron chi connectivity index (χ3n) is 4.34. The Hall–Kier alpha value is -2.39. The van der Waals surface area contributed by atoms with E-state index in [1.165, 1.54) is 23.9 Å². The Morgan fingerprint density at radius 1 is 1.36 bits per heavy atom. The zero-order chi connectivity index (χ0) is 19.9. The van der Waals surface area contributed by atoms with E-state index >= 15 is 0 Å². The summed E-state index contributed by atoms with van der Waals surface area (Å²) in [6, 6.07) is 3.90. The molecule has 0 saturated carbocycles. The third kappa shape index (κ3) is 5.32. The van der Waals surface area contributed by atoms with Crippen LogP contribution in [-0.2, 0) is 4.79 Å². The standard InChI is InChI=1S/C19H23FN4O3S/c20-14-6-5-13(15(12-14)27-19(26)24-9-3-4-10-24)11-16-17(25)23-18(28-16)22-8-2-1-7-21/h5-6,11-12H,1-4,7-10,21H2,(H,22,23,25)/b16-11+. The van der Waals surface area contributed by atoms with E-state index in [-0.39, 0.29) is 11.7 Å². The van der Waals surface area contributed by atoms with Crippen molar-refractivity contribution >= 4 is 35.0 Å². The van der Waals surface area contributed by atoms with Crippen molar-refractivity contribution in [2.75, 3.05) is 26.2 Å². The Morgan fingerprint density at radius 2 is 2.14 bits per heavy atom. The molecule has 3 N–H and O–H groups in total. The molecule has 0 unspecified atom stereocenters. The number of halogens is 1. The lowest BCUT2D eigenvalue weighted by Gasteiger charge is -2.16. The van der Waals surface area contributed by atoms with Crippen LogP contribution in [0.25, 0.3) is 6.08 Å². The topological polar surface area (TPSA) is 97.0 Å². The maximum absolute atomic E-state index is 13.7. The number of hydrogen-bond acceptors (Lipinski definition) is 6. The van der Waals surface area contributed by atoms with Crippen molar-refractivity contribution in [2.45, 2.75) is 25.7 Å². The van der Waals surface area contributed by atoms with Gasteiger partial charge in [-0.05, 0) is 62.2 Å². The number of hydrogen-bond donors (Lipinski definition) is 2. The first-order valence-corrected chi connectivity index (χ1v) is 10.1. The molecular formula is C19H23FN4O3S. The average Bonchev–Trinajstić information content (AvgIpc) is 3.31. The summed E-state index contributed by atoms with van der Waals surface area (Å²) >= 11 is 1.20. The number of nitrogens with one attached hydrogen (secondary N) is 1. The molecule has 2 fully saturated rings. The molecule has 0 aromatic heterocycles. The Labute approximate surface area is 167 Å². The molecule has 0 aliphatic carbocycles. The average molecular weight is 406 g/mol. The minimum Gasteiger partial charge on any atom is -0.409 e. The predicted molar refractivity (Wildman–Crippen MR) is 108 cm³/mol. The number of nitrogens with zero attached hydrogens (tertiary/aromatic N) is 2. The van der Waals surface area contributed by atoms with Crippen LogP contribution >= 0.6 is 11.8 Å². The van der Waals surface area contributed by atoms with E-state index in [9.17, 15) is 14.0 Å². The maximum Gasteiger partial charge on any atom is 0.415 e. The first-order chi connectivity index (χ1) is 13.6. The normalized spacial score (nSPS) is 19.5. The Kier molecular flexibility index (Phi) is 7.05. The second-order valence-corrected chi connectivity index (χ2v) is 7.52. The Bertz CT molecular complexity index is 806. The molecule has 2 amide bonds. The van der Waals surface area contributed by atoms with E-state index in [4.69, 9.17) is 10.5 Å². The van der Waals surface area contributed by atoms with Crippen LogP contribution in [0.2, 0.25) is 0 Å². The van der Waals surface area contributed by atoms with Gasteiger partial charge in [0.2, 0.25) is 0 Å². The van der Waals surface area contributed by atoms with Crippen molar-refractivity contribution in [1.82, 2.24) is 10.2 Å². The number of likely N-dealkylation sites (tertiary alicyclic amines) is 1. The number of aliphatic imine (C=N–C) groups is 1. The van der Waals surface area contributed by atoms with E-state index in [0.717, 1.165) is 31.7 Å². The van der Waals surface area contributed by atoms with Crippen molar-refractivity contribution in [1.29, 1.82) is 0 Å². The third-order valence-corrected chi connectivity index (χ3v) is 5.29. The number of amidine groups is 1. The van der Waals surface area contributed by atoms with E-state index in [0.29, 0.717) is 41.8 Å². The molecule has 2 aliphatic heterocycles. The second-order valence-electron chi connectivity index (χ2n) is 6.49. The fourth-order valence-electron chi connectivity index (χ4n) is 2.85. The van der Waals surface area contributed by atoms with Crippen LogP contribution in [0.3, 0.4) is 0 Å². The monoisotopic (exact) mass is 406 g/mol. The van der Waals surface area contributed by atoms with Gasteiger partial charge in [-0.25, -0.2) is 9.18 Å². The molecule has 9 heteroatoms. The van der Waals surface area contributed by atoms with Gasteiger partial charge in [0.15, 0.2) is 5.17 Å². The van der Waals surface area contributed by atoms with Gasteiger partial charge < -0.3 is 20.7 Å². The van der Waals surface area contributed by atoms with Crippen LogP contribution in [0, 0.1) is 5.82 Å². The van der Waals surface area contributed by atoms with Gasteiger partial charge in [0.1, 0.15) is 11.6 Å². The van der Waals surface area contributed by atoms with Crippen molar-refractivity contribution in [2.24, 2.45) is 10.7 Å². The lowest BCUT2D eigenvalue weighted by molar-refractivity contribution is -0.115. The van der Waals surface area contributed by atoms with Gasteiger partial charge in [-0.1, -0.05) is 0 Å². The number of thioether (sulfide) groups is 1. The second kappa shape index (κ2) is 9.70. The highest BCUT2D eigenvalue weighted by molar-refractivity contribution is 8.18. The van der Waals surface area contributed by atoms with Gasteiger partial charge in [-0.15, -0.1) is 0 Å². The number of rotatable bonds is 6. The first kappa shape index (κ1) is 20.3. The lowest BCUT2D eigenvalue weighted by Crippen LogP contribution is -2.30. The van der Waals surface area contributed by atoms with E-state index in [2.05, 4.69) is 10.3 Å². The molecule has 7 nitrogen and oxygen atoms in total. The summed E-state index contributed by atoms with van der Waals surface area (Å²) in [6.45, 7) is 2.46. The highest BCUT2D eigenvalue weighted by Crippen LogP contribution is 2.30. The SMILES string of the molecule is NCCCCN=C1NC(=O)/C(=C\c2ccc(F)cc2OC(=O)N2CCCC2)S1. The number of nitrogens with two attached hydrogens (primary N) is 1. The van der Waals surface area contributed by atoms with Crippen molar-refractivity contribution in [3.8, 4) is 5.75 Å². The summed E-state index contributed by atoms with van der Waals surface area (Å²) in [5.74, 6) is -0.716. The summed E-state index contributed by atoms with van der Waals surface area (Å²) < 4.78 is 19.1. The summed E-state index contributed by atoms with van der Waals surface area (Å²) in [4.78, 5) is 30.8. The molecule has 1 aromatic rings. The minimum absolute atomic E-state index is 0.0890. The van der Waals surface area contributed by atoms with Crippen molar-refractivity contribution < 1.29 is 18.7 Å². The summed E-state index contributed by atoms with van der Waals surface area (Å²) in [6.07, 6.45) is 4.66. The quantitative estimate of drug-likeness (QED) is 0.559. The molecule has 2 heterocycles. The predicted octanol–water partition coefficient (Wildman–Crippen LogP) is 2.72. The van der Waals surface area contributed by atoms with Crippen LogP contribution in [0.15, 0.2) is 28.1 Å². The molecule has 150 valence electrons. The van der Waals surface area contributed by atoms with Gasteiger partial charge in [0, 0.05) is 31.3 Å². The molecule has 0 spiro atoms. The number of ether oxygens (including phenoxy) is 1. The largest absolute Gasteiger partial charge is 0.415 e. The van der Waals surface area contributed by atoms with Gasteiger partial charge in [0.05, 0.1) is 4.91 Å². The summed E-state index contributed by atoms with van der Waals surface area (Å²) in [7, 11) is 0. The van der Waals surface area contributed by atoms with Crippen LogP contribution in [0.5, 0.6) is 5.75 Å². The highest BCUT2D eigenvalue weighted by Gasteiger charge is 2.25. The Balaban J connectivity index is 1.74. The fraction of sp³-hybridized carbons (Fsp3) is 0.421. The minimum atomic E-state index is -0.517. The van der Waals surface area contributed by atoms with Gasteiger partial charge in [0.25, 0.3) is 5.91 Å². The van der Waals surface area contributed by atoms with Crippen LogP contribution in [0.4, 0.5) is 9.18 Å². The number of benzene rings is 1. The molecule has 28 heavy (non-hydrogen) atoms.